The number of hydrogen-bond acceptors (Lipinski definition) is 7. The second-order valence-electron chi connectivity index (χ2n) is 5.13. The van der Waals surface area contributed by atoms with Crippen molar-refractivity contribution < 1.29 is 4.79 Å². The van der Waals surface area contributed by atoms with Crippen LogP contribution in [0.15, 0.2) is 23.4 Å². The minimum absolute atomic E-state index is 0.313. The molecule has 1 unspecified atom stereocenters. The molecule has 0 radical (unpaired) electrons. The zero-order chi connectivity index (χ0) is 17.3. The number of carbonyl (C=O) groups is 1. The highest BCUT2D eigenvalue weighted by atomic mass is 35.5. The van der Waals surface area contributed by atoms with Gasteiger partial charge in [-0.25, -0.2) is 9.97 Å². The van der Waals surface area contributed by atoms with Gasteiger partial charge in [0.1, 0.15) is 5.69 Å². The standard InChI is InChI=1S/C15H15Cl2N5OS/c1-2-5-24-15-20-13(18)12-14(21-15)22(11(7-23)19-12)8-3-4-9(16)10(17)6-8/h3-4,6-7,11,19H,2,5H2,1H3,(H2,18,20,21). The summed E-state index contributed by atoms with van der Waals surface area (Å²) in [6.07, 6.45) is 1.14. The van der Waals surface area contributed by atoms with Crippen LogP contribution in [0.5, 0.6) is 0 Å². The highest BCUT2D eigenvalue weighted by Gasteiger charge is 2.34. The quantitative estimate of drug-likeness (QED) is 0.459. The van der Waals surface area contributed by atoms with E-state index in [4.69, 9.17) is 28.9 Å². The van der Waals surface area contributed by atoms with Crippen molar-refractivity contribution in [2.24, 2.45) is 0 Å². The molecule has 1 aromatic carbocycles. The SMILES string of the molecule is CCCSc1nc(N)c2c(n1)N(c1ccc(Cl)c(Cl)c1)C(C=O)N2. The van der Waals surface area contributed by atoms with Gasteiger partial charge in [0.05, 0.1) is 10.0 Å². The molecule has 6 nitrogen and oxygen atoms in total. The maximum absolute atomic E-state index is 11.5. The number of rotatable bonds is 5. The third kappa shape index (κ3) is 3.11. The van der Waals surface area contributed by atoms with E-state index in [2.05, 4.69) is 22.2 Å². The van der Waals surface area contributed by atoms with Crippen molar-refractivity contribution in [3.05, 3.63) is 28.2 Å². The summed E-state index contributed by atoms with van der Waals surface area (Å²) in [5.41, 5.74) is 7.27. The average molecular weight is 384 g/mol. The lowest BCUT2D eigenvalue weighted by atomic mass is 10.2. The van der Waals surface area contributed by atoms with Crippen molar-refractivity contribution in [1.29, 1.82) is 0 Å². The van der Waals surface area contributed by atoms with Crippen LogP contribution in [0.3, 0.4) is 0 Å². The molecule has 0 saturated heterocycles. The Balaban J connectivity index is 2.08. The van der Waals surface area contributed by atoms with Crippen LogP contribution in [-0.2, 0) is 4.79 Å². The lowest BCUT2D eigenvalue weighted by Gasteiger charge is -2.22. The fourth-order valence-corrected chi connectivity index (χ4v) is 3.37. The van der Waals surface area contributed by atoms with E-state index < -0.39 is 6.17 Å². The van der Waals surface area contributed by atoms with Crippen LogP contribution in [0.4, 0.5) is 23.0 Å². The van der Waals surface area contributed by atoms with Crippen LogP contribution in [-0.4, -0.2) is 28.2 Å². The van der Waals surface area contributed by atoms with Gasteiger partial charge in [-0.05, 0) is 24.6 Å². The smallest absolute Gasteiger partial charge is 0.191 e. The van der Waals surface area contributed by atoms with Gasteiger partial charge in [0, 0.05) is 11.4 Å². The average Bonchev–Trinajstić information content (AvgIpc) is 2.94. The zero-order valence-electron chi connectivity index (χ0n) is 12.8. The van der Waals surface area contributed by atoms with Crippen molar-refractivity contribution in [3.63, 3.8) is 0 Å². The Hall–Kier alpha value is -1.70. The lowest BCUT2D eigenvalue weighted by molar-refractivity contribution is -0.108. The Morgan fingerprint density at radius 1 is 1.38 bits per heavy atom. The molecule has 3 N–H and O–H groups in total. The summed E-state index contributed by atoms with van der Waals surface area (Å²) < 4.78 is 0. The summed E-state index contributed by atoms with van der Waals surface area (Å²) in [6, 6.07) is 5.14. The molecule has 0 fully saturated rings. The molecule has 0 saturated carbocycles. The van der Waals surface area contributed by atoms with Gasteiger partial charge < -0.3 is 11.1 Å². The van der Waals surface area contributed by atoms with Gasteiger partial charge in [-0.1, -0.05) is 41.9 Å². The van der Waals surface area contributed by atoms with Crippen LogP contribution < -0.4 is 16.0 Å². The van der Waals surface area contributed by atoms with Crippen LogP contribution in [0, 0.1) is 0 Å². The highest BCUT2D eigenvalue weighted by Crippen LogP contribution is 2.42. The van der Waals surface area contributed by atoms with Crippen molar-refractivity contribution in [3.8, 4) is 0 Å². The van der Waals surface area contributed by atoms with E-state index in [-0.39, 0.29) is 0 Å². The lowest BCUT2D eigenvalue weighted by Crippen LogP contribution is -2.33. The molecule has 2 heterocycles. The number of aldehydes is 1. The van der Waals surface area contributed by atoms with E-state index in [1.54, 1.807) is 23.1 Å². The summed E-state index contributed by atoms with van der Waals surface area (Å²) >= 11 is 13.6. The predicted molar refractivity (Wildman–Crippen MR) is 99.5 cm³/mol. The first-order valence-electron chi connectivity index (χ1n) is 7.31. The molecule has 0 aliphatic carbocycles. The van der Waals surface area contributed by atoms with Gasteiger partial charge in [0.15, 0.2) is 29.2 Å². The predicted octanol–water partition coefficient (Wildman–Crippen LogP) is 3.96. The Labute approximate surface area is 153 Å². The first-order chi connectivity index (χ1) is 11.5. The van der Waals surface area contributed by atoms with Crippen LogP contribution in [0.2, 0.25) is 10.0 Å². The number of halogens is 2. The molecule has 0 amide bonds. The zero-order valence-corrected chi connectivity index (χ0v) is 15.1. The Morgan fingerprint density at radius 3 is 2.83 bits per heavy atom. The van der Waals surface area contributed by atoms with E-state index in [0.717, 1.165) is 18.5 Å². The van der Waals surface area contributed by atoms with Gasteiger partial charge in [-0.15, -0.1) is 0 Å². The molecule has 0 spiro atoms. The molecule has 1 aliphatic heterocycles. The van der Waals surface area contributed by atoms with E-state index >= 15 is 0 Å². The van der Waals surface area contributed by atoms with Crippen molar-refractivity contribution in [1.82, 2.24) is 9.97 Å². The third-order valence-corrected chi connectivity index (χ3v) is 5.23. The number of hydrogen-bond donors (Lipinski definition) is 2. The molecule has 24 heavy (non-hydrogen) atoms. The molecule has 1 aliphatic rings. The van der Waals surface area contributed by atoms with E-state index in [1.165, 1.54) is 11.8 Å². The van der Waals surface area contributed by atoms with Crippen LogP contribution in [0.1, 0.15) is 13.3 Å². The van der Waals surface area contributed by atoms with Gasteiger partial charge in [0.2, 0.25) is 0 Å². The van der Waals surface area contributed by atoms with Crippen molar-refractivity contribution in [2.45, 2.75) is 24.7 Å². The van der Waals surface area contributed by atoms with Gasteiger partial charge in [0.25, 0.3) is 0 Å². The number of anilines is 4. The van der Waals surface area contributed by atoms with Crippen LogP contribution >= 0.6 is 35.0 Å². The van der Waals surface area contributed by atoms with E-state index in [0.29, 0.717) is 38.2 Å². The second-order valence-corrected chi connectivity index (χ2v) is 7.01. The topological polar surface area (TPSA) is 84.1 Å². The molecule has 0 bridgehead atoms. The van der Waals surface area contributed by atoms with Gasteiger partial charge in [-0.2, -0.15) is 0 Å². The summed E-state index contributed by atoms with van der Waals surface area (Å²) in [5.74, 6) is 1.75. The van der Waals surface area contributed by atoms with Crippen molar-refractivity contribution >= 4 is 64.3 Å². The number of carbonyl (C=O) groups excluding carboxylic acids is 1. The van der Waals surface area contributed by atoms with Crippen molar-refractivity contribution in [2.75, 3.05) is 21.7 Å². The number of nitrogens with two attached hydrogens (primary N) is 1. The number of aromatic nitrogens is 2. The monoisotopic (exact) mass is 383 g/mol. The number of fused-ring (bicyclic) bond motifs is 1. The number of nitrogen functional groups attached to an aromatic ring is 1. The summed E-state index contributed by atoms with van der Waals surface area (Å²) in [4.78, 5) is 22.1. The maximum Gasteiger partial charge on any atom is 0.191 e. The molecule has 3 rings (SSSR count). The van der Waals surface area contributed by atoms with E-state index in [9.17, 15) is 4.79 Å². The number of nitrogens with one attached hydrogen (secondary N) is 1. The largest absolute Gasteiger partial charge is 0.382 e. The van der Waals surface area contributed by atoms with Crippen LogP contribution in [0.25, 0.3) is 0 Å². The highest BCUT2D eigenvalue weighted by molar-refractivity contribution is 7.99. The van der Waals surface area contributed by atoms with Gasteiger partial charge >= 0.3 is 0 Å². The minimum Gasteiger partial charge on any atom is -0.382 e. The van der Waals surface area contributed by atoms with Gasteiger partial charge in [-0.3, -0.25) is 9.69 Å². The molecule has 2 aromatic rings. The summed E-state index contributed by atoms with van der Waals surface area (Å²) in [7, 11) is 0. The summed E-state index contributed by atoms with van der Waals surface area (Å²) in [6.45, 7) is 2.08. The molecule has 1 atom stereocenters. The normalized spacial score (nSPS) is 16.0. The molecule has 1 aromatic heterocycles. The maximum atomic E-state index is 11.5. The number of thioether (sulfide) groups is 1. The number of benzene rings is 1. The third-order valence-electron chi connectivity index (χ3n) is 3.44. The molecular formula is C15H15Cl2N5OS. The fraction of sp³-hybridized carbons (Fsp3) is 0.267. The summed E-state index contributed by atoms with van der Waals surface area (Å²) in [5, 5.41) is 4.46. The molecule has 9 heteroatoms. The first-order valence-corrected chi connectivity index (χ1v) is 9.05. The molecule has 126 valence electrons. The Morgan fingerprint density at radius 2 is 2.17 bits per heavy atom. The second kappa shape index (κ2) is 7.04. The molecular weight excluding hydrogens is 369 g/mol. The Kier molecular flexibility index (Phi) is 5.03. The van der Waals surface area contributed by atoms with E-state index in [1.807, 2.05) is 0 Å². The fourth-order valence-electron chi connectivity index (χ4n) is 2.37. The minimum atomic E-state index is -0.639. The first kappa shape index (κ1) is 17.1. The number of nitrogens with zero attached hydrogens (tertiary/aromatic N) is 3. The Bertz CT molecular complexity index is 789.